The zero-order valence-electron chi connectivity index (χ0n) is 9.20. The van der Waals surface area contributed by atoms with Crippen LogP contribution >= 0.6 is 0 Å². The molecule has 4 heteroatoms. The quantitative estimate of drug-likeness (QED) is 0.783. The summed E-state index contributed by atoms with van der Waals surface area (Å²) in [5, 5.41) is 8.30. The van der Waals surface area contributed by atoms with Gasteiger partial charge in [0.2, 0.25) is 0 Å². The van der Waals surface area contributed by atoms with Crippen molar-refractivity contribution in [1.82, 2.24) is 0 Å². The Balaban J connectivity index is 2.48. The Kier molecular flexibility index (Phi) is 3.07. The third-order valence-electron chi connectivity index (χ3n) is 2.56. The molecule has 2 aromatic rings. The molecule has 0 bridgehead atoms. The number of hydrogen-bond donors (Lipinski definition) is 0. The lowest BCUT2D eigenvalue weighted by atomic mass is 10.0. The summed E-state index contributed by atoms with van der Waals surface area (Å²) in [4.78, 5) is 0. The molecule has 0 saturated carbocycles. The monoisotopic (exact) mass is 247 g/mol. The van der Waals surface area contributed by atoms with Crippen molar-refractivity contribution in [2.75, 3.05) is 0 Å². The Morgan fingerprint density at radius 2 is 1.67 bits per heavy atom. The average Bonchev–Trinajstić information content (AvgIpc) is 2.39. The average molecular weight is 247 g/mol. The molecule has 0 aliphatic heterocycles. The van der Waals surface area contributed by atoms with E-state index in [4.69, 9.17) is 5.26 Å². The van der Waals surface area contributed by atoms with Crippen molar-refractivity contribution in [3.8, 4) is 17.2 Å². The molecule has 0 spiro atoms. The minimum Gasteiger partial charge on any atom is -0.206 e. The summed E-state index contributed by atoms with van der Waals surface area (Å²) in [5.41, 5.74) is 0.192. The number of hydrogen-bond acceptors (Lipinski definition) is 1. The van der Waals surface area contributed by atoms with Crippen molar-refractivity contribution < 1.29 is 13.2 Å². The van der Waals surface area contributed by atoms with Gasteiger partial charge in [0.05, 0.1) is 0 Å². The first-order valence-corrected chi connectivity index (χ1v) is 5.19. The van der Waals surface area contributed by atoms with Gasteiger partial charge in [-0.1, -0.05) is 42.5 Å². The highest BCUT2D eigenvalue weighted by atomic mass is 19.3. The number of benzene rings is 2. The zero-order valence-corrected chi connectivity index (χ0v) is 9.20. The number of halogens is 3. The molecule has 1 nitrogen and oxygen atoms in total. The van der Waals surface area contributed by atoms with Crippen molar-refractivity contribution in [3.63, 3.8) is 0 Å². The summed E-state index contributed by atoms with van der Waals surface area (Å²) < 4.78 is 39.9. The van der Waals surface area contributed by atoms with Crippen LogP contribution in [0.25, 0.3) is 11.1 Å². The van der Waals surface area contributed by atoms with Gasteiger partial charge in [-0.05, 0) is 11.6 Å². The van der Waals surface area contributed by atoms with Crippen LogP contribution in [0, 0.1) is 17.1 Å². The van der Waals surface area contributed by atoms with Crippen LogP contribution in [0.15, 0.2) is 48.5 Å². The van der Waals surface area contributed by atoms with Crippen LogP contribution in [-0.2, 0) is 5.92 Å². The van der Waals surface area contributed by atoms with Crippen LogP contribution < -0.4 is 0 Å². The third kappa shape index (κ3) is 2.21. The van der Waals surface area contributed by atoms with Crippen LogP contribution in [0.1, 0.15) is 5.56 Å². The second kappa shape index (κ2) is 4.53. The molecule has 0 radical (unpaired) electrons. The molecule has 0 aliphatic carbocycles. The molecule has 2 rings (SSSR count). The maximum Gasteiger partial charge on any atom is 0.357 e. The Morgan fingerprint density at radius 1 is 1.00 bits per heavy atom. The van der Waals surface area contributed by atoms with Gasteiger partial charge in [0.25, 0.3) is 0 Å². The fourth-order valence-corrected chi connectivity index (χ4v) is 1.63. The van der Waals surface area contributed by atoms with Gasteiger partial charge in [-0.25, -0.2) is 4.39 Å². The van der Waals surface area contributed by atoms with Gasteiger partial charge in [0.15, 0.2) is 0 Å². The van der Waals surface area contributed by atoms with Gasteiger partial charge in [-0.3, -0.25) is 0 Å². The maximum atomic E-state index is 13.8. The molecule has 0 fully saturated rings. The van der Waals surface area contributed by atoms with Crippen LogP contribution in [0.2, 0.25) is 0 Å². The Hall–Kier alpha value is -2.28. The SMILES string of the molecule is N#CC(F)(F)c1ccc(-c2ccccc2)c(F)c1. The predicted octanol–water partition coefficient (Wildman–Crippen LogP) is 4.11. The van der Waals surface area contributed by atoms with Crippen molar-refractivity contribution in [2.24, 2.45) is 0 Å². The second-order valence-electron chi connectivity index (χ2n) is 3.75. The first-order valence-electron chi connectivity index (χ1n) is 5.19. The summed E-state index contributed by atoms with van der Waals surface area (Å²) in [6.45, 7) is 0. The van der Waals surface area contributed by atoms with Crippen molar-refractivity contribution in [3.05, 3.63) is 59.9 Å². The fourth-order valence-electron chi connectivity index (χ4n) is 1.63. The highest BCUT2D eigenvalue weighted by Gasteiger charge is 2.31. The molecule has 2 aromatic carbocycles. The molecular formula is C14H8F3N. The molecule has 0 N–H and O–H groups in total. The molecule has 0 saturated heterocycles. The van der Waals surface area contributed by atoms with Gasteiger partial charge < -0.3 is 0 Å². The van der Waals surface area contributed by atoms with E-state index in [0.717, 1.165) is 12.1 Å². The van der Waals surface area contributed by atoms with Crippen LogP contribution in [0.3, 0.4) is 0 Å². The van der Waals surface area contributed by atoms with Crippen molar-refractivity contribution in [1.29, 1.82) is 5.26 Å². The van der Waals surface area contributed by atoms with Gasteiger partial charge >= 0.3 is 5.92 Å². The minimum absolute atomic E-state index is 0.230. The van der Waals surface area contributed by atoms with Crippen LogP contribution in [-0.4, -0.2) is 0 Å². The number of nitriles is 1. The molecule has 0 heterocycles. The van der Waals surface area contributed by atoms with Gasteiger partial charge in [0, 0.05) is 11.1 Å². The number of nitrogens with zero attached hydrogens (tertiary/aromatic N) is 1. The molecule has 0 atom stereocenters. The third-order valence-corrected chi connectivity index (χ3v) is 2.56. The molecular weight excluding hydrogens is 239 g/mol. The molecule has 0 aliphatic rings. The Morgan fingerprint density at radius 3 is 2.22 bits per heavy atom. The van der Waals surface area contributed by atoms with E-state index in [9.17, 15) is 13.2 Å². The van der Waals surface area contributed by atoms with E-state index < -0.39 is 17.3 Å². The fraction of sp³-hybridized carbons (Fsp3) is 0.0714. The Bertz CT molecular complexity index is 600. The summed E-state index contributed by atoms with van der Waals surface area (Å²) in [5.74, 6) is -4.44. The minimum atomic E-state index is -3.67. The van der Waals surface area contributed by atoms with Gasteiger partial charge in [-0.2, -0.15) is 14.0 Å². The lowest BCUT2D eigenvalue weighted by Crippen LogP contribution is -2.10. The Labute approximate surface area is 102 Å². The molecule has 0 unspecified atom stereocenters. The van der Waals surface area contributed by atoms with E-state index >= 15 is 0 Å². The first-order chi connectivity index (χ1) is 8.54. The van der Waals surface area contributed by atoms with Crippen molar-refractivity contribution in [2.45, 2.75) is 5.92 Å². The lowest BCUT2D eigenvalue weighted by Gasteiger charge is -2.10. The summed E-state index contributed by atoms with van der Waals surface area (Å²) in [7, 11) is 0. The molecule has 0 aromatic heterocycles. The highest BCUT2D eigenvalue weighted by Crippen LogP contribution is 2.31. The zero-order chi connectivity index (χ0) is 13.2. The number of rotatable bonds is 2. The summed E-state index contributed by atoms with van der Waals surface area (Å²) in [6.07, 6.45) is 0. The molecule has 0 amide bonds. The van der Waals surface area contributed by atoms with E-state index in [1.807, 2.05) is 0 Å². The topological polar surface area (TPSA) is 23.8 Å². The lowest BCUT2D eigenvalue weighted by molar-refractivity contribution is 0.0609. The van der Waals surface area contributed by atoms with E-state index in [1.54, 1.807) is 30.3 Å². The predicted molar refractivity (Wildman–Crippen MR) is 61.3 cm³/mol. The van der Waals surface area contributed by atoms with E-state index in [2.05, 4.69) is 0 Å². The van der Waals surface area contributed by atoms with Crippen molar-refractivity contribution >= 4 is 0 Å². The van der Waals surface area contributed by atoms with Gasteiger partial charge in [0.1, 0.15) is 11.9 Å². The number of alkyl halides is 2. The highest BCUT2D eigenvalue weighted by molar-refractivity contribution is 5.64. The van der Waals surface area contributed by atoms with Crippen LogP contribution in [0.5, 0.6) is 0 Å². The largest absolute Gasteiger partial charge is 0.357 e. The van der Waals surface area contributed by atoms with E-state index in [1.165, 1.54) is 6.07 Å². The van der Waals surface area contributed by atoms with E-state index in [-0.39, 0.29) is 5.56 Å². The van der Waals surface area contributed by atoms with Gasteiger partial charge in [-0.15, -0.1) is 0 Å². The van der Waals surface area contributed by atoms with Crippen LogP contribution in [0.4, 0.5) is 13.2 Å². The molecule has 90 valence electrons. The first kappa shape index (κ1) is 12.2. The summed E-state index contributed by atoms with van der Waals surface area (Å²) in [6, 6.07) is 12.5. The maximum absolute atomic E-state index is 13.8. The van der Waals surface area contributed by atoms with E-state index in [0.29, 0.717) is 11.6 Å². The summed E-state index contributed by atoms with van der Waals surface area (Å²) >= 11 is 0. The second-order valence-corrected chi connectivity index (χ2v) is 3.75. The smallest absolute Gasteiger partial charge is 0.206 e. The molecule has 18 heavy (non-hydrogen) atoms. The normalized spacial score (nSPS) is 11.0. The standard InChI is InChI=1S/C14H8F3N/c15-13-8-11(14(16,17)9-18)6-7-12(13)10-4-2-1-3-5-10/h1-8H.